The molecule has 2 unspecified atom stereocenters. The van der Waals surface area contributed by atoms with Crippen molar-refractivity contribution < 1.29 is 9.84 Å². The Balaban J connectivity index is 2.01. The van der Waals surface area contributed by atoms with E-state index in [9.17, 15) is 5.11 Å². The number of hydrogen-bond acceptors (Lipinski definition) is 4. The van der Waals surface area contributed by atoms with Crippen molar-refractivity contribution in [3.63, 3.8) is 0 Å². The van der Waals surface area contributed by atoms with Crippen LogP contribution in [0.25, 0.3) is 0 Å². The topological polar surface area (TPSA) is 58.7 Å². The lowest BCUT2D eigenvalue weighted by molar-refractivity contribution is 0.144. The first-order valence-electron chi connectivity index (χ1n) is 6.97. The first-order chi connectivity index (χ1) is 9.13. The molecule has 0 aromatic heterocycles. The third kappa shape index (κ3) is 3.39. The van der Waals surface area contributed by atoms with Crippen molar-refractivity contribution in [3.05, 3.63) is 23.8 Å². The monoisotopic (exact) mass is 264 g/mol. The molecule has 0 saturated carbocycles. The molecule has 1 aliphatic rings. The Kier molecular flexibility index (Phi) is 4.66. The van der Waals surface area contributed by atoms with Gasteiger partial charge in [0.2, 0.25) is 0 Å². The number of benzene rings is 1. The van der Waals surface area contributed by atoms with Gasteiger partial charge in [-0.15, -0.1) is 0 Å². The Hall–Kier alpha value is -1.26. The second-order valence-electron chi connectivity index (χ2n) is 5.35. The minimum absolute atomic E-state index is 0.308. The van der Waals surface area contributed by atoms with E-state index < -0.39 is 0 Å². The molecule has 1 aromatic rings. The van der Waals surface area contributed by atoms with Gasteiger partial charge in [-0.3, -0.25) is 4.90 Å². The fourth-order valence-electron chi connectivity index (χ4n) is 2.75. The first-order valence-corrected chi connectivity index (χ1v) is 6.97. The van der Waals surface area contributed by atoms with Crippen molar-refractivity contribution in [3.8, 4) is 11.5 Å². The summed E-state index contributed by atoms with van der Waals surface area (Å²) >= 11 is 0. The molecule has 19 heavy (non-hydrogen) atoms. The molecular weight excluding hydrogens is 240 g/mol. The number of nitrogens with two attached hydrogens (primary N) is 1. The molecule has 1 heterocycles. The van der Waals surface area contributed by atoms with Crippen LogP contribution in [0.1, 0.15) is 25.3 Å². The Morgan fingerprint density at radius 1 is 1.47 bits per heavy atom. The molecule has 1 aliphatic heterocycles. The molecule has 1 saturated heterocycles. The molecular formula is C15H24N2O2. The van der Waals surface area contributed by atoms with E-state index in [0.717, 1.165) is 38.0 Å². The fourth-order valence-corrected chi connectivity index (χ4v) is 2.75. The summed E-state index contributed by atoms with van der Waals surface area (Å²) in [6.45, 7) is 4.99. The zero-order chi connectivity index (χ0) is 13.8. The normalized spacial score (nSPS) is 24.4. The Labute approximate surface area is 115 Å². The predicted octanol–water partition coefficient (Wildman–Crippen LogP) is 1.96. The number of aromatic hydroxyl groups is 1. The Morgan fingerprint density at radius 2 is 2.26 bits per heavy atom. The second-order valence-corrected chi connectivity index (χ2v) is 5.35. The lowest BCUT2D eigenvalue weighted by Crippen LogP contribution is -2.46. The summed E-state index contributed by atoms with van der Waals surface area (Å²) in [5.74, 6) is 1.56. The highest BCUT2D eigenvalue weighted by molar-refractivity contribution is 5.39. The number of phenolic OH excluding ortho intramolecular Hbond substituents is 1. The van der Waals surface area contributed by atoms with Gasteiger partial charge in [-0.1, -0.05) is 19.4 Å². The van der Waals surface area contributed by atoms with Crippen LogP contribution < -0.4 is 10.5 Å². The maximum Gasteiger partial charge on any atom is 0.123 e. The summed E-state index contributed by atoms with van der Waals surface area (Å²) in [7, 11) is 1.60. The average molecular weight is 264 g/mol. The summed E-state index contributed by atoms with van der Waals surface area (Å²) in [6, 6.07) is 5.82. The number of phenols is 1. The van der Waals surface area contributed by atoms with Gasteiger partial charge >= 0.3 is 0 Å². The molecule has 4 nitrogen and oxygen atoms in total. The standard InChI is InChI=1S/C15H24N2O2/c1-3-11-9-17(7-6-14(11)16)10-12-4-5-13(19-2)8-15(12)18/h4-5,8,11,14,18H,3,6-7,9-10,16H2,1-2H3. The maximum absolute atomic E-state index is 10.00. The fraction of sp³-hybridized carbons (Fsp3) is 0.600. The predicted molar refractivity (Wildman–Crippen MR) is 76.3 cm³/mol. The quantitative estimate of drug-likeness (QED) is 0.873. The van der Waals surface area contributed by atoms with Gasteiger partial charge in [0.05, 0.1) is 7.11 Å². The van der Waals surface area contributed by atoms with E-state index in [2.05, 4.69) is 11.8 Å². The van der Waals surface area contributed by atoms with Gasteiger partial charge in [-0.2, -0.15) is 0 Å². The highest BCUT2D eigenvalue weighted by Crippen LogP contribution is 2.26. The number of rotatable bonds is 4. The van der Waals surface area contributed by atoms with E-state index in [4.69, 9.17) is 10.5 Å². The highest BCUT2D eigenvalue weighted by atomic mass is 16.5. The van der Waals surface area contributed by atoms with Gasteiger partial charge < -0.3 is 15.6 Å². The summed E-state index contributed by atoms with van der Waals surface area (Å²) in [6.07, 6.45) is 2.15. The summed E-state index contributed by atoms with van der Waals surface area (Å²) < 4.78 is 5.10. The highest BCUT2D eigenvalue weighted by Gasteiger charge is 2.25. The molecule has 0 amide bonds. The zero-order valence-electron chi connectivity index (χ0n) is 11.8. The van der Waals surface area contributed by atoms with Crippen molar-refractivity contribution >= 4 is 0 Å². The number of methoxy groups -OCH3 is 1. The molecule has 0 radical (unpaired) electrons. The van der Waals surface area contributed by atoms with Crippen molar-refractivity contribution in [1.29, 1.82) is 0 Å². The van der Waals surface area contributed by atoms with Crippen LogP contribution in [0.5, 0.6) is 11.5 Å². The Morgan fingerprint density at radius 3 is 2.89 bits per heavy atom. The minimum atomic E-state index is 0.308. The van der Waals surface area contributed by atoms with E-state index in [1.807, 2.05) is 12.1 Å². The zero-order valence-corrected chi connectivity index (χ0v) is 11.8. The van der Waals surface area contributed by atoms with Crippen molar-refractivity contribution in [2.75, 3.05) is 20.2 Å². The van der Waals surface area contributed by atoms with Gasteiger partial charge in [0.25, 0.3) is 0 Å². The maximum atomic E-state index is 10.00. The third-order valence-electron chi connectivity index (χ3n) is 4.09. The number of piperidine rings is 1. The molecule has 4 heteroatoms. The third-order valence-corrected chi connectivity index (χ3v) is 4.09. The van der Waals surface area contributed by atoms with E-state index in [0.29, 0.717) is 23.5 Å². The van der Waals surface area contributed by atoms with Crippen LogP contribution >= 0.6 is 0 Å². The van der Waals surface area contributed by atoms with Gasteiger partial charge in [0, 0.05) is 30.8 Å². The molecule has 0 bridgehead atoms. The van der Waals surface area contributed by atoms with Crippen LogP contribution in [-0.4, -0.2) is 36.2 Å². The summed E-state index contributed by atoms with van der Waals surface area (Å²) in [5.41, 5.74) is 7.07. The first kappa shape index (κ1) is 14.2. The number of nitrogens with zero attached hydrogens (tertiary/aromatic N) is 1. The van der Waals surface area contributed by atoms with E-state index in [1.165, 1.54) is 0 Å². The van der Waals surface area contributed by atoms with E-state index >= 15 is 0 Å². The van der Waals surface area contributed by atoms with Crippen LogP contribution in [0.2, 0.25) is 0 Å². The molecule has 2 rings (SSSR count). The lowest BCUT2D eigenvalue weighted by Gasteiger charge is -2.36. The molecule has 1 aromatic carbocycles. The SMILES string of the molecule is CCC1CN(Cc2ccc(OC)cc2O)CCC1N. The largest absolute Gasteiger partial charge is 0.507 e. The van der Waals surface area contributed by atoms with Crippen molar-refractivity contribution in [1.82, 2.24) is 4.90 Å². The van der Waals surface area contributed by atoms with Crippen LogP contribution in [0.3, 0.4) is 0 Å². The molecule has 0 spiro atoms. The number of likely N-dealkylation sites (tertiary alicyclic amines) is 1. The van der Waals surface area contributed by atoms with Crippen LogP contribution in [0.4, 0.5) is 0 Å². The van der Waals surface area contributed by atoms with Crippen LogP contribution in [-0.2, 0) is 6.54 Å². The molecule has 2 atom stereocenters. The molecule has 1 fully saturated rings. The van der Waals surface area contributed by atoms with Crippen LogP contribution in [0.15, 0.2) is 18.2 Å². The van der Waals surface area contributed by atoms with Crippen LogP contribution in [0, 0.1) is 5.92 Å². The van der Waals surface area contributed by atoms with Gasteiger partial charge in [-0.25, -0.2) is 0 Å². The average Bonchev–Trinajstić information content (AvgIpc) is 2.43. The minimum Gasteiger partial charge on any atom is -0.507 e. The van der Waals surface area contributed by atoms with E-state index in [1.54, 1.807) is 13.2 Å². The van der Waals surface area contributed by atoms with Gasteiger partial charge in [0.15, 0.2) is 0 Å². The molecule has 0 aliphatic carbocycles. The summed E-state index contributed by atoms with van der Waals surface area (Å²) in [4.78, 5) is 2.37. The number of ether oxygens (including phenoxy) is 1. The molecule has 3 N–H and O–H groups in total. The van der Waals surface area contributed by atoms with Crippen molar-refractivity contribution in [2.45, 2.75) is 32.4 Å². The van der Waals surface area contributed by atoms with E-state index in [-0.39, 0.29) is 0 Å². The summed E-state index contributed by atoms with van der Waals surface area (Å²) in [5, 5.41) is 10.00. The smallest absolute Gasteiger partial charge is 0.123 e. The van der Waals surface area contributed by atoms with Gasteiger partial charge in [0.1, 0.15) is 11.5 Å². The van der Waals surface area contributed by atoms with Gasteiger partial charge in [-0.05, 0) is 24.9 Å². The lowest BCUT2D eigenvalue weighted by atomic mass is 9.90. The number of hydrogen-bond donors (Lipinski definition) is 2. The van der Waals surface area contributed by atoms with Crippen molar-refractivity contribution in [2.24, 2.45) is 11.7 Å². The second kappa shape index (κ2) is 6.26. The Bertz CT molecular complexity index is 423. The molecule has 106 valence electrons.